The van der Waals surface area contributed by atoms with Crippen LogP contribution in [0.1, 0.15) is 32.1 Å². The van der Waals surface area contributed by atoms with E-state index in [4.69, 9.17) is 5.11 Å². The van der Waals surface area contributed by atoms with E-state index in [0.717, 1.165) is 12.5 Å². The van der Waals surface area contributed by atoms with Crippen LogP contribution in [0.15, 0.2) is 0 Å². The van der Waals surface area contributed by atoms with Crippen molar-refractivity contribution in [1.29, 1.82) is 0 Å². The van der Waals surface area contributed by atoms with Crippen LogP contribution in [0.25, 0.3) is 0 Å². The Labute approximate surface area is 79.7 Å². The molecule has 0 unspecified atom stereocenters. The Kier molecular flexibility index (Phi) is 4.22. The van der Waals surface area contributed by atoms with Gasteiger partial charge in [0, 0.05) is 0 Å². The van der Waals surface area contributed by atoms with Crippen molar-refractivity contribution in [1.82, 2.24) is 4.90 Å². The molecule has 0 aliphatic heterocycles. The summed E-state index contributed by atoms with van der Waals surface area (Å²) in [6.07, 6.45) is 6.60. The van der Waals surface area contributed by atoms with Gasteiger partial charge in [0.25, 0.3) is 0 Å². The zero-order valence-corrected chi connectivity index (χ0v) is 8.33. The Morgan fingerprint density at radius 1 is 1.46 bits per heavy atom. The van der Waals surface area contributed by atoms with Crippen LogP contribution < -0.4 is 0 Å². The van der Waals surface area contributed by atoms with Gasteiger partial charge in [-0.15, -0.1) is 0 Å². The molecule has 13 heavy (non-hydrogen) atoms. The predicted molar refractivity (Wildman–Crippen MR) is 51.7 cm³/mol. The third-order valence-corrected chi connectivity index (χ3v) is 2.80. The van der Waals surface area contributed by atoms with Gasteiger partial charge in [-0.05, 0) is 25.9 Å². The summed E-state index contributed by atoms with van der Waals surface area (Å²) >= 11 is 0. The van der Waals surface area contributed by atoms with Gasteiger partial charge in [0.1, 0.15) is 0 Å². The molecule has 1 rings (SSSR count). The van der Waals surface area contributed by atoms with E-state index >= 15 is 0 Å². The smallest absolute Gasteiger partial charge is 0.317 e. The fourth-order valence-corrected chi connectivity index (χ4v) is 2.01. The van der Waals surface area contributed by atoms with Gasteiger partial charge in [-0.25, -0.2) is 0 Å². The third-order valence-electron chi connectivity index (χ3n) is 2.80. The standard InChI is InChI=1S/C10H19NO2/c1-11(8-10(12)13)7-6-9-4-2-3-5-9/h9H,2-8H2,1H3,(H,12,13). The first kappa shape index (κ1) is 10.5. The lowest BCUT2D eigenvalue weighted by atomic mass is 10.0. The molecule has 0 atom stereocenters. The van der Waals surface area contributed by atoms with Crippen molar-refractivity contribution in [3.8, 4) is 0 Å². The molecule has 0 spiro atoms. The van der Waals surface area contributed by atoms with Crippen molar-refractivity contribution >= 4 is 5.97 Å². The first-order chi connectivity index (χ1) is 6.18. The molecule has 1 fully saturated rings. The largest absolute Gasteiger partial charge is 0.480 e. The van der Waals surface area contributed by atoms with Crippen LogP contribution in [0.2, 0.25) is 0 Å². The minimum absolute atomic E-state index is 0.173. The lowest BCUT2D eigenvalue weighted by Crippen LogP contribution is -2.27. The number of carboxylic acids is 1. The van der Waals surface area contributed by atoms with Crippen molar-refractivity contribution in [2.24, 2.45) is 5.92 Å². The fourth-order valence-electron chi connectivity index (χ4n) is 2.01. The van der Waals surface area contributed by atoms with Crippen LogP contribution in [-0.2, 0) is 4.79 Å². The zero-order chi connectivity index (χ0) is 9.68. The van der Waals surface area contributed by atoms with Crippen LogP contribution >= 0.6 is 0 Å². The summed E-state index contributed by atoms with van der Waals surface area (Å²) in [5.74, 6) is 0.130. The molecule has 0 saturated heterocycles. The van der Waals surface area contributed by atoms with Crippen molar-refractivity contribution in [3.05, 3.63) is 0 Å². The molecular weight excluding hydrogens is 166 g/mol. The second-order valence-electron chi connectivity index (χ2n) is 4.07. The quantitative estimate of drug-likeness (QED) is 0.707. The third kappa shape index (κ3) is 4.27. The first-order valence-electron chi connectivity index (χ1n) is 5.09. The summed E-state index contributed by atoms with van der Waals surface area (Å²) in [7, 11) is 1.88. The van der Waals surface area contributed by atoms with E-state index in [1.807, 2.05) is 11.9 Å². The minimum Gasteiger partial charge on any atom is -0.480 e. The molecule has 0 aromatic carbocycles. The Hall–Kier alpha value is -0.570. The number of hydrogen-bond donors (Lipinski definition) is 1. The number of likely N-dealkylation sites (N-methyl/N-ethyl adjacent to an activating group) is 1. The van der Waals surface area contributed by atoms with Crippen LogP contribution in [0.4, 0.5) is 0 Å². The van der Waals surface area contributed by atoms with Gasteiger partial charge >= 0.3 is 5.97 Å². The topological polar surface area (TPSA) is 40.5 Å². The fraction of sp³-hybridized carbons (Fsp3) is 0.900. The summed E-state index contributed by atoms with van der Waals surface area (Å²) in [4.78, 5) is 12.3. The van der Waals surface area contributed by atoms with Crippen molar-refractivity contribution in [3.63, 3.8) is 0 Å². The Morgan fingerprint density at radius 3 is 2.62 bits per heavy atom. The summed E-state index contributed by atoms with van der Waals surface area (Å²) in [6.45, 7) is 1.10. The summed E-state index contributed by atoms with van der Waals surface area (Å²) in [6, 6.07) is 0. The van der Waals surface area contributed by atoms with E-state index in [2.05, 4.69) is 0 Å². The maximum atomic E-state index is 10.4. The summed E-state index contributed by atoms with van der Waals surface area (Å²) in [5.41, 5.74) is 0. The maximum Gasteiger partial charge on any atom is 0.317 e. The Balaban J connectivity index is 2.06. The molecule has 1 N–H and O–H groups in total. The monoisotopic (exact) mass is 185 g/mol. The lowest BCUT2D eigenvalue weighted by Gasteiger charge is -2.16. The van der Waals surface area contributed by atoms with E-state index in [-0.39, 0.29) is 6.54 Å². The van der Waals surface area contributed by atoms with E-state index in [0.29, 0.717) is 0 Å². The Morgan fingerprint density at radius 2 is 2.08 bits per heavy atom. The second-order valence-corrected chi connectivity index (χ2v) is 4.07. The van der Waals surface area contributed by atoms with Gasteiger partial charge in [0.15, 0.2) is 0 Å². The molecule has 0 radical (unpaired) electrons. The van der Waals surface area contributed by atoms with E-state index in [1.165, 1.54) is 32.1 Å². The van der Waals surface area contributed by atoms with E-state index in [9.17, 15) is 4.79 Å². The molecule has 76 valence electrons. The minimum atomic E-state index is -0.728. The molecule has 1 aliphatic carbocycles. The highest BCUT2D eigenvalue weighted by Gasteiger charge is 2.15. The van der Waals surface area contributed by atoms with E-state index < -0.39 is 5.97 Å². The van der Waals surface area contributed by atoms with Crippen LogP contribution in [-0.4, -0.2) is 36.1 Å². The molecule has 0 heterocycles. The molecule has 3 heteroatoms. The molecule has 0 bridgehead atoms. The van der Waals surface area contributed by atoms with Crippen molar-refractivity contribution in [2.45, 2.75) is 32.1 Å². The molecule has 3 nitrogen and oxygen atoms in total. The van der Waals surface area contributed by atoms with Crippen LogP contribution in [0.3, 0.4) is 0 Å². The number of hydrogen-bond acceptors (Lipinski definition) is 2. The molecule has 1 aliphatic rings. The average molecular weight is 185 g/mol. The highest BCUT2D eigenvalue weighted by Crippen LogP contribution is 2.27. The van der Waals surface area contributed by atoms with Gasteiger partial charge in [0.05, 0.1) is 6.54 Å². The predicted octanol–water partition coefficient (Wildman–Crippen LogP) is 1.58. The first-order valence-corrected chi connectivity index (χ1v) is 5.09. The highest BCUT2D eigenvalue weighted by molar-refractivity contribution is 5.68. The number of aliphatic carboxylic acids is 1. The summed E-state index contributed by atoms with van der Waals surface area (Å²) in [5, 5.41) is 8.53. The second kappa shape index (κ2) is 5.22. The van der Waals surface area contributed by atoms with Gasteiger partial charge < -0.3 is 5.11 Å². The molecule has 0 amide bonds. The van der Waals surface area contributed by atoms with Crippen LogP contribution in [0, 0.1) is 5.92 Å². The van der Waals surface area contributed by atoms with Gasteiger partial charge in [-0.3, -0.25) is 9.69 Å². The van der Waals surface area contributed by atoms with E-state index in [1.54, 1.807) is 0 Å². The molecular formula is C10H19NO2. The molecule has 0 aromatic rings. The number of carbonyl (C=O) groups is 1. The van der Waals surface area contributed by atoms with Gasteiger partial charge in [-0.1, -0.05) is 25.7 Å². The maximum absolute atomic E-state index is 10.4. The summed E-state index contributed by atoms with van der Waals surface area (Å²) < 4.78 is 0. The number of carboxylic acid groups (broad SMARTS) is 1. The van der Waals surface area contributed by atoms with Gasteiger partial charge in [-0.2, -0.15) is 0 Å². The number of rotatable bonds is 5. The normalized spacial score (nSPS) is 18.3. The van der Waals surface area contributed by atoms with Crippen molar-refractivity contribution in [2.75, 3.05) is 20.1 Å². The van der Waals surface area contributed by atoms with Crippen LogP contribution in [0.5, 0.6) is 0 Å². The Bertz CT molecular complexity index is 164. The number of nitrogens with zero attached hydrogens (tertiary/aromatic N) is 1. The zero-order valence-electron chi connectivity index (χ0n) is 8.33. The highest BCUT2D eigenvalue weighted by atomic mass is 16.4. The SMILES string of the molecule is CN(CCC1CCCC1)CC(=O)O. The van der Waals surface area contributed by atoms with Crippen molar-refractivity contribution < 1.29 is 9.90 Å². The molecule has 0 aromatic heterocycles. The lowest BCUT2D eigenvalue weighted by molar-refractivity contribution is -0.138. The van der Waals surface area contributed by atoms with Gasteiger partial charge in [0.2, 0.25) is 0 Å². The average Bonchev–Trinajstić information content (AvgIpc) is 2.51. The molecule has 1 saturated carbocycles.